The van der Waals surface area contributed by atoms with E-state index in [0.29, 0.717) is 5.92 Å². The first-order chi connectivity index (χ1) is 12.4. The van der Waals surface area contributed by atoms with E-state index in [4.69, 9.17) is 4.74 Å². The van der Waals surface area contributed by atoms with Crippen LogP contribution in [0.2, 0.25) is 0 Å². The Morgan fingerprint density at radius 1 is 1.30 bits per heavy atom. The van der Waals surface area contributed by atoms with Gasteiger partial charge in [-0.3, -0.25) is 4.79 Å². The predicted molar refractivity (Wildman–Crippen MR) is 102 cm³/mol. The van der Waals surface area contributed by atoms with Crippen LogP contribution in [0.25, 0.3) is 0 Å². The monoisotopic (exact) mass is 399 g/mol. The molecule has 1 heterocycles. The molecule has 0 bridgehead atoms. The molecule has 1 atom stereocenters. The lowest BCUT2D eigenvalue weighted by atomic mass is 10.1. The molecule has 1 aromatic rings. The number of methoxy groups -OCH3 is 1. The summed E-state index contributed by atoms with van der Waals surface area (Å²) in [7, 11) is 2.79. The minimum Gasteiger partial charge on any atom is -0.467 e. The number of ether oxygens (including phenoxy) is 2. The zero-order valence-electron chi connectivity index (χ0n) is 17.0. The largest absolute Gasteiger partial charge is 0.467 e. The molecular formula is C18H29N3O5S. The maximum absolute atomic E-state index is 12.4. The van der Waals surface area contributed by atoms with Gasteiger partial charge in [-0.05, 0) is 20.8 Å². The van der Waals surface area contributed by atoms with Crippen molar-refractivity contribution in [3.8, 4) is 0 Å². The van der Waals surface area contributed by atoms with Gasteiger partial charge in [0.15, 0.2) is 0 Å². The van der Waals surface area contributed by atoms with Crippen molar-refractivity contribution in [1.82, 2.24) is 15.2 Å². The summed E-state index contributed by atoms with van der Waals surface area (Å²) in [5.41, 5.74) is 0.0835. The first kappa shape index (κ1) is 22.9. The Balaban J connectivity index is 2.71. The predicted octanol–water partition coefficient (Wildman–Crippen LogP) is 2.68. The molecule has 0 aliphatic carbocycles. The van der Waals surface area contributed by atoms with Crippen molar-refractivity contribution in [2.45, 2.75) is 65.1 Å². The molecule has 0 aliphatic rings. The normalized spacial score (nSPS) is 12.4. The lowest BCUT2D eigenvalue weighted by molar-refractivity contribution is -0.158. The number of amides is 2. The highest BCUT2D eigenvalue weighted by Crippen LogP contribution is 2.19. The molecule has 9 heteroatoms. The molecule has 1 aromatic heterocycles. The zero-order chi connectivity index (χ0) is 20.8. The summed E-state index contributed by atoms with van der Waals surface area (Å²) in [6.07, 6.45) is -0.308. The van der Waals surface area contributed by atoms with Gasteiger partial charge in [-0.1, -0.05) is 13.8 Å². The summed E-state index contributed by atoms with van der Waals surface area (Å²) in [5.74, 6) is -0.985. The fraction of sp³-hybridized carbons (Fsp3) is 0.667. The lowest BCUT2D eigenvalue weighted by Crippen LogP contribution is -2.48. The van der Waals surface area contributed by atoms with E-state index in [2.05, 4.69) is 28.9 Å². The van der Waals surface area contributed by atoms with E-state index in [-0.39, 0.29) is 13.0 Å². The van der Waals surface area contributed by atoms with Crippen molar-refractivity contribution in [1.29, 1.82) is 0 Å². The van der Waals surface area contributed by atoms with Crippen LogP contribution >= 0.6 is 11.3 Å². The number of aromatic nitrogens is 1. The van der Waals surface area contributed by atoms with E-state index in [9.17, 15) is 14.4 Å². The van der Waals surface area contributed by atoms with Gasteiger partial charge in [-0.15, -0.1) is 11.3 Å². The van der Waals surface area contributed by atoms with Crippen LogP contribution in [-0.4, -0.2) is 53.7 Å². The van der Waals surface area contributed by atoms with Gasteiger partial charge in [-0.25, -0.2) is 14.6 Å². The van der Waals surface area contributed by atoms with Gasteiger partial charge < -0.3 is 19.7 Å². The molecule has 0 saturated carbocycles. The van der Waals surface area contributed by atoms with E-state index in [0.717, 1.165) is 10.7 Å². The summed E-state index contributed by atoms with van der Waals surface area (Å²) < 4.78 is 9.89. The smallest absolute Gasteiger partial charge is 0.329 e. The van der Waals surface area contributed by atoms with Crippen LogP contribution in [0.1, 0.15) is 57.7 Å². The summed E-state index contributed by atoms with van der Waals surface area (Å²) in [6, 6.07) is -1.63. The lowest BCUT2D eigenvalue weighted by Gasteiger charge is -2.23. The first-order valence-electron chi connectivity index (χ1n) is 8.68. The number of rotatable bonds is 7. The molecule has 0 spiro atoms. The van der Waals surface area contributed by atoms with Gasteiger partial charge in [0.05, 0.1) is 30.8 Å². The van der Waals surface area contributed by atoms with Crippen LogP contribution in [0.4, 0.5) is 4.79 Å². The average Bonchev–Trinajstić information content (AvgIpc) is 3.00. The van der Waals surface area contributed by atoms with Crippen molar-refractivity contribution < 1.29 is 23.9 Å². The fourth-order valence-corrected chi connectivity index (χ4v) is 2.95. The second-order valence-electron chi connectivity index (χ2n) is 7.50. The number of hydrogen-bond donors (Lipinski definition) is 1. The molecule has 1 rings (SSSR count). The summed E-state index contributed by atoms with van der Waals surface area (Å²) in [5, 5.41) is 5.42. The number of carbonyl (C=O) groups is 3. The van der Waals surface area contributed by atoms with Gasteiger partial charge in [0.2, 0.25) is 0 Å². The molecule has 0 saturated heterocycles. The van der Waals surface area contributed by atoms with Crippen LogP contribution in [0.5, 0.6) is 0 Å². The highest BCUT2D eigenvalue weighted by molar-refractivity contribution is 7.09. The van der Waals surface area contributed by atoms with E-state index in [1.807, 2.05) is 5.38 Å². The zero-order valence-corrected chi connectivity index (χ0v) is 17.8. The van der Waals surface area contributed by atoms with Gasteiger partial charge in [0.25, 0.3) is 0 Å². The average molecular weight is 400 g/mol. The Bertz CT molecular complexity index is 666. The third kappa shape index (κ3) is 7.94. The molecule has 0 radical (unpaired) electrons. The first-order valence-corrected chi connectivity index (χ1v) is 9.56. The van der Waals surface area contributed by atoms with Crippen LogP contribution < -0.4 is 5.32 Å². The van der Waals surface area contributed by atoms with Crippen molar-refractivity contribution >= 4 is 29.3 Å². The van der Waals surface area contributed by atoms with Gasteiger partial charge >= 0.3 is 18.0 Å². The molecule has 0 fully saturated rings. The highest BCUT2D eigenvalue weighted by atomic mass is 32.1. The highest BCUT2D eigenvalue weighted by Gasteiger charge is 2.28. The van der Waals surface area contributed by atoms with Crippen molar-refractivity contribution in [2.24, 2.45) is 0 Å². The second kappa shape index (κ2) is 9.68. The molecule has 0 aliphatic heterocycles. The van der Waals surface area contributed by atoms with Gasteiger partial charge in [0.1, 0.15) is 11.6 Å². The van der Waals surface area contributed by atoms with Gasteiger partial charge in [-0.2, -0.15) is 0 Å². The standard InChI is InChI=1S/C18H29N3O5S/c1-11(2)15-19-12(10-27-15)9-21(6)17(24)20-13(16(23)25-7)8-14(22)26-18(3,4)5/h10-11,13H,8-9H2,1-7H3,(H,20,24)/t13-/m0/s1. The number of esters is 2. The Morgan fingerprint density at radius 3 is 2.41 bits per heavy atom. The maximum atomic E-state index is 12.4. The van der Waals surface area contributed by atoms with E-state index < -0.39 is 29.6 Å². The number of nitrogens with one attached hydrogen (secondary N) is 1. The number of hydrogen-bond acceptors (Lipinski definition) is 7. The Hall–Kier alpha value is -2.16. The molecule has 0 unspecified atom stereocenters. The molecule has 0 aromatic carbocycles. The minimum absolute atomic E-state index is 0.287. The van der Waals surface area contributed by atoms with E-state index in [1.54, 1.807) is 39.2 Å². The minimum atomic E-state index is -1.12. The summed E-state index contributed by atoms with van der Waals surface area (Å²) >= 11 is 1.54. The Kier molecular flexibility index (Phi) is 8.20. The van der Waals surface area contributed by atoms with Crippen LogP contribution in [0.15, 0.2) is 5.38 Å². The Morgan fingerprint density at radius 2 is 1.93 bits per heavy atom. The van der Waals surface area contributed by atoms with Crippen molar-refractivity contribution in [3.63, 3.8) is 0 Å². The molecule has 2 amide bonds. The SMILES string of the molecule is COC(=O)[C@H](CC(=O)OC(C)(C)C)NC(=O)N(C)Cc1csc(C(C)C)n1. The third-order valence-electron chi connectivity index (χ3n) is 3.38. The fourth-order valence-electron chi connectivity index (χ4n) is 2.12. The topological polar surface area (TPSA) is 97.8 Å². The summed E-state index contributed by atoms with van der Waals surface area (Å²) in [6.45, 7) is 9.57. The Labute approximate surface area is 164 Å². The summed E-state index contributed by atoms with van der Waals surface area (Å²) in [4.78, 5) is 42.2. The van der Waals surface area contributed by atoms with Crippen LogP contribution in [0, 0.1) is 0 Å². The van der Waals surface area contributed by atoms with Crippen LogP contribution in [-0.2, 0) is 25.6 Å². The second-order valence-corrected chi connectivity index (χ2v) is 8.39. The van der Waals surface area contributed by atoms with Crippen molar-refractivity contribution in [2.75, 3.05) is 14.2 Å². The molecule has 1 N–H and O–H groups in total. The molecule has 8 nitrogen and oxygen atoms in total. The number of thiazole rings is 1. The van der Waals surface area contributed by atoms with E-state index >= 15 is 0 Å². The molecule has 27 heavy (non-hydrogen) atoms. The number of nitrogens with zero attached hydrogens (tertiary/aromatic N) is 2. The van der Waals surface area contributed by atoms with Gasteiger partial charge in [0, 0.05) is 18.3 Å². The molecular weight excluding hydrogens is 370 g/mol. The maximum Gasteiger partial charge on any atom is 0.329 e. The van der Waals surface area contributed by atoms with E-state index in [1.165, 1.54) is 12.0 Å². The molecule has 152 valence electrons. The third-order valence-corrected chi connectivity index (χ3v) is 4.58. The quantitative estimate of drug-likeness (QED) is 0.708. The number of carbonyl (C=O) groups excluding carboxylic acids is 3. The number of urea groups is 1. The van der Waals surface area contributed by atoms with Crippen molar-refractivity contribution in [3.05, 3.63) is 16.1 Å². The van der Waals surface area contributed by atoms with Crippen LogP contribution in [0.3, 0.4) is 0 Å².